The van der Waals surface area contributed by atoms with Crippen LogP contribution in [0.2, 0.25) is 0 Å². The lowest BCUT2D eigenvalue weighted by Crippen LogP contribution is -2.31. The second-order valence-corrected chi connectivity index (χ2v) is 7.72. The van der Waals surface area contributed by atoms with Crippen molar-refractivity contribution < 1.29 is 23.4 Å². The molecule has 1 aromatic heterocycles. The van der Waals surface area contributed by atoms with Gasteiger partial charge in [0.05, 0.1) is 17.9 Å². The van der Waals surface area contributed by atoms with Crippen molar-refractivity contribution in [3.63, 3.8) is 0 Å². The van der Waals surface area contributed by atoms with Crippen LogP contribution in [-0.2, 0) is 12.8 Å². The molecule has 1 aliphatic rings. The maximum atomic E-state index is 12.8. The number of halogens is 3. The summed E-state index contributed by atoms with van der Waals surface area (Å²) >= 11 is 1.54. The molecule has 27 heavy (non-hydrogen) atoms. The lowest BCUT2D eigenvalue weighted by Gasteiger charge is -2.23. The van der Waals surface area contributed by atoms with E-state index < -0.39 is 17.5 Å². The summed E-state index contributed by atoms with van der Waals surface area (Å²) in [6.07, 6.45) is -2.44. The van der Waals surface area contributed by atoms with Gasteiger partial charge in [-0.25, -0.2) is 0 Å². The maximum Gasteiger partial charge on any atom is 0.416 e. The Hall–Kier alpha value is -1.84. The number of rotatable bonds is 4. The van der Waals surface area contributed by atoms with Crippen LogP contribution < -0.4 is 5.32 Å². The summed E-state index contributed by atoms with van der Waals surface area (Å²) in [4.78, 5) is 0. The first-order chi connectivity index (χ1) is 12.8. The van der Waals surface area contributed by atoms with Crippen LogP contribution in [0, 0.1) is 6.92 Å². The molecular weight excluding hydrogens is 379 g/mol. The highest BCUT2D eigenvalue weighted by Gasteiger charge is 2.31. The number of benzene rings is 1. The lowest BCUT2D eigenvalue weighted by molar-refractivity contribution is -0.137. The highest BCUT2D eigenvalue weighted by Crippen LogP contribution is 2.38. The number of aliphatic hydroxyl groups excluding tert-OH is 1. The SMILES string of the molecule is Cc1c(-c2ccc(C(F)(F)F)cc2O)nnc(S[C@@H]2CCCNC2)c1CO. The fraction of sp³-hybridized carbons (Fsp3) is 0.444. The first kappa shape index (κ1) is 19.9. The van der Waals surface area contributed by atoms with E-state index in [1.807, 2.05) is 0 Å². The zero-order chi connectivity index (χ0) is 19.6. The number of aromatic hydroxyl groups is 1. The van der Waals surface area contributed by atoms with Gasteiger partial charge in [-0.15, -0.1) is 10.2 Å². The van der Waals surface area contributed by atoms with Crippen molar-refractivity contribution in [3.05, 3.63) is 34.9 Å². The Morgan fingerprint density at radius 2 is 2.07 bits per heavy atom. The molecule has 0 bridgehead atoms. The fourth-order valence-electron chi connectivity index (χ4n) is 3.06. The van der Waals surface area contributed by atoms with Crippen molar-refractivity contribution in [3.8, 4) is 17.0 Å². The Morgan fingerprint density at radius 3 is 2.67 bits per heavy atom. The van der Waals surface area contributed by atoms with Gasteiger partial charge in [-0.3, -0.25) is 0 Å². The molecule has 9 heteroatoms. The molecule has 1 aromatic carbocycles. The molecule has 0 saturated carbocycles. The molecule has 0 amide bonds. The van der Waals surface area contributed by atoms with Crippen LogP contribution in [0.15, 0.2) is 23.2 Å². The predicted molar refractivity (Wildman–Crippen MR) is 96.5 cm³/mol. The third-order valence-corrected chi connectivity index (χ3v) is 5.86. The normalized spacial score (nSPS) is 17.9. The monoisotopic (exact) mass is 399 g/mol. The van der Waals surface area contributed by atoms with Gasteiger partial charge in [0.25, 0.3) is 0 Å². The molecule has 146 valence electrons. The van der Waals surface area contributed by atoms with Gasteiger partial charge < -0.3 is 15.5 Å². The second kappa shape index (κ2) is 8.04. The van der Waals surface area contributed by atoms with E-state index in [9.17, 15) is 23.4 Å². The number of alkyl halides is 3. The number of hydrogen-bond acceptors (Lipinski definition) is 6. The summed E-state index contributed by atoms with van der Waals surface area (Å²) in [7, 11) is 0. The molecule has 0 spiro atoms. The van der Waals surface area contributed by atoms with E-state index in [0.717, 1.165) is 32.0 Å². The zero-order valence-corrected chi connectivity index (χ0v) is 15.5. The van der Waals surface area contributed by atoms with Gasteiger partial charge in [-0.2, -0.15) is 13.2 Å². The summed E-state index contributed by atoms with van der Waals surface area (Å²) < 4.78 is 38.4. The van der Waals surface area contributed by atoms with Gasteiger partial charge >= 0.3 is 6.18 Å². The molecule has 0 radical (unpaired) electrons. The average Bonchev–Trinajstić information content (AvgIpc) is 2.63. The van der Waals surface area contributed by atoms with Gasteiger partial charge in [-0.1, -0.05) is 11.8 Å². The third-order valence-electron chi connectivity index (χ3n) is 4.58. The molecule has 1 saturated heterocycles. The van der Waals surface area contributed by atoms with E-state index in [-0.39, 0.29) is 17.9 Å². The first-order valence-corrected chi connectivity index (χ1v) is 9.44. The molecule has 1 atom stereocenters. The Labute approximate surface area is 159 Å². The molecule has 1 fully saturated rings. The zero-order valence-electron chi connectivity index (χ0n) is 14.7. The van der Waals surface area contributed by atoms with E-state index in [1.54, 1.807) is 6.92 Å². The number of phenols is 1. The Kier molecular flexibility index (Phi) is 5.92. The number of aliphatic hydroxyl groups is 1. The van der Waals surface area contributed by atoms with Gasteiger partial charge in [0.1, 0.15) is 10.8 Å². The summed E-state index contributed by atoms with van der Waals surface area (Å²) in [5.41, 5.74) is 0.646. The van der Waals surface area contributed by atoms with E-state index >= 15 is 0 Å². The van der Waals surface area contributed by atoms with Crippen LogP contribution in [0.3, 0.4) is 0 Å². The minimum Gasteiger partial charge on any atom is -0.507 e. The molecule has 2 aromatic rings. The molecule has 3 N–H and O–H groups in total. The molecule has 1 aliphatic heterocycles. The standard InChI is InChI=1S/C18H20F3N3O2S/c1-10-14(9-25)17(27-12-3-2-6-22-8-12)24-23-16(10)13-5-4-11(7-15(13)26)18(19,20)21/h4-5,7,12,22,25-26H,2-3,6,8-9H2,1H3/t12-/m1/s1. The maximum absolute atomic E-state index is 12.8. The van der Waals surface area contributed by atoms with Crippen LogP contribution >= 0.6 is 11.8 Å². The predicted octanol–water partition coefficient (Wildman–Crippen LogP) is 3.51. The van der Waals surface area contributed by atoms with Crippen LogP contribution in [-0.4, -0.2) is 38.7 Å². The highest BCUT2D eigenvalue weighted by molar-refractivity contribution is 7.99. The average molecular weight is 399 g/mol. The van der Waals surface area contributed by atoms with Gasteiger partial charge in [-0.05, 0) is 50.1 Å². The number of nitrogens with zero attached hydrogens (tertiary/aromatic N) is 2. The largest absolute Gasteiger partial charge is 0.507 e. The summed E-state index contributed by atoms with van der Waals surface area (Å²) in [6, 6.07) is 2.74. The second-order valence-electron chi connectivity index (χ2n) is 6.43. The summed E-state index contributed by atoms with van der Waals surface area (Å²) in [5.74, 6) is -0.525. The summed E-state index contributed by atoms with van der Waals surface area (Å²) in [5, 5.41) is 32.5. The lowest BCUT2D eigenvalue weighted by atomic mass is 10.0. The smallest absolute Gasteiger partial charge is 0.416 e. The van der Waals surface area contributed by atoms with Crippen molar-refractivity contribution in [1.29, 1.82) is 0 Å². The molecule has 3 rings (SSSR count). The van der Waals surface area contributed by atoms with Crippen molar-refractivity contribution in [1.82, 2.24) is 15.5 Å². The fourth-order valence-corrected chi connectivity index (χ4v) is 4.31. The van der Waals surface area contributed by atoms with Crippen LogP contribution in [0.25, 0.3) is 11.3 Å². The van der Waals surface area contributed by atoms with E-state index in [4.69, 9.17) is 0 Å². The third kappa shape index (κ3) is 4.36. The minimum absolute atomic E-state index is 0.151. The highest BCUT2D eigenvalue weighted by atomic mass is 32.2. The van der Waals surface area contributed by atoms with Gasteiger partial charge in [0, 0.05) is 22.9 Å². The number of aromatic nitrogens is 2. The topological polar surface area (TPSA) is 78.3 Å². The Bertz CT molecular complexity index is 824. The Morgan fingerprint density at radius 1 is 1.30 bits per heavy atom. The number of piperidine rings is 1. The minimum atomic E-state index is -4.54. The van der Waals surface area contributed by atoms with Crippen LogP contribution in [0.4, 0.5) is 13.2 Å². The number of hydrogen-bond donors (Lipinski definition) is 3. The van der Waals surface area contributed by atoms with Crippen molar-refractivity contribution in [2.75, 3.05) is 13.1 Å². The van der Waals surface area contributed by atoms with Gasteiger partial charge in [0.2, 0.25) is 0 Å². The van der Waals surface area contributed by atoms with Crippen LogP contribution in [0.5, 0.6) is 5.75 Å². The number of nitrogens with one attached hydrogen (secondary N) is 1. The van der Waals surface area contributed by atoms with E-state index in [0.29, 0.717) is 27.5 Å². The van der Waals surface area contributed by atoms with Crippen molar-refractivity contribution in [2.24, 2.45) is 0 Å². The van der Waals surface area contributed by atoms with E-state index in [2.05, 4.69) is 15.5 Å². The quantitative estimate of drug-likeness (QED) is 0.730. The first-order valence-electron chi connectivity index (χ1n) is 8.56. The molecule has 5 nitrogen and oxygen atoms in total. The van der Waals surface area contributed by atoms with Crippen LogP contribution in [0.1, 0.15) is 29.5 Å². The van der Waals surface area contributed by atoms with Crippen molar-refractivity contribution >= 4 is 11.8 Å². The van der Waals surface area contributed by atoms with Crippen molar-refractivity contribution in [2.45, 2.75) is 42.8 Å². The number of thioether (sulfide) groups is 1. The number of phenolic OH excluding ortho intramolecular Hbond substituents is 1. The molecular formula is C18H20F3N3O2S. The molecule has 0 unspecified atom stereocenters. The Balaban J connectivity index is 1.95. The molecule has 0 aliphatic carbocycles. The summed E-state index contributed by atoms with van der Waals surface area (Å²) in [6.45, 7) is 3.28. The molecule has 2 heterocycles. The van der Waals surface area contributed by atoms with Gasteiger partial charge in [0.15, 0.2) is 0 Å². The van der Waals surface area contributed by atoms with E-state index in [1.165, 1.54) is 17.8 Å².